The molecule has 0 saturated heterocycles. The summed E-state index contributed by atoms with van der Waals surface area (Å²) in [5.41, 5.74) is 2.76. The van der Waals surface area contributed by atoms with Crippen LogP contribution in [-0.4, -0.2) is 37.5 Å². The van der Waals surface area contributed by atoms with Gasteiger partial charge in [-0.2, -0.15) is 0 Å². The molecule has 6 nitrogen and oxygen atoms in total. The predicted octanol–water partition coefficient (Wildman–Crippen LogP) is 4.03. The lowest BCUT2D eigenvalue weighted by molar-refractivity contribution is -0.120. The van der Waals surface area contributed by atoms with Gasteiger partial charge in [0.1, 0.15) is 5.52 Å². The highest BCUT2D eigenvalue weighted by atomic mass is 32.2. The Morgan fingerprint density at radius 3 is 2.89 bits per heavy atom. The fourth-order valence-electron chi connectivity index (χ4n) is 4.23. The second-order valence-electron chi connectivity index (χ2n) is 7.76. The van der Waals surface area contributed by atoms with Gasteiger partial charge in [-0.1, -0.05) is 56.7 Å². The van der Waals surface area contributed by atoms with Gasteiger partial charge >= 0.3 is 0 Å². The standard InChI is InChI=1S/C21H27N5OS/c1-4-26-17-11-6-5-9-15(17)19-20(26)23-21(25-24-19)28-12-18(27)22-16-10-7-8-13(2)14(16)3/h5-6,9,11,13-14,16H,4,7-8,10,12H2,1-3H3,(H,22,27)/t13-,14+,16+/m1/s1. The molecule has 1 N–H and O–H groups in total. The van der Waals surface area contributed by atoms with Crippen LogP contribution in [0.25, 0.3) is 22.1 Å². The Bertz CT molecular complexity index is 1000. The Morgan fingerprint density at radius 2 is 2.07 bits per heavy atom. The molecule has 7 heteroatoms. The van der Waals surface area contributed by atoms with E-state index < -0.39 is 0 Å². The molecular formula is C21H27N5OS. The van der Waals surface area contributed by atoms with Crippen LogP contribution < -0.4 is 5.32 Å². The minimum atomic E-state index is 0.0516. The van der Waals surface area contributed by atoms with Crippen LogP contribution >= 0.6 is 11.8 Å². The van der Waals surface area contributed by atoms with Crippen molar-refractivity contribution in [3.63, 3.8) is 0 Å². The van der Waals surface area contributed by atoms with Crippen molar-refractivity contribution in [2.75, 3.05) is 5.75 Å². The first-order valence-corrected chi connectivity index (χ1v) is 11.1. The molecule has 0 unspecified atom stereocenters. The third-order valence-electron chi connectivity index (χ3n) is 6.06. The molecule has 0 aliphatic heterocycles. The minimum absolute atomic E-state index is 0.0516. The van der Waals surface area contributed by atoms with Gasteiger partial charge in [0, 0.05) is 18.0 Å². The summed E-state index contributed by atoms with van der Waals surface area (Å²) in [5, 5.41) is 13.5. The average molecular weight is 398 g/mol. The largest absolute Gasteiger partial charge is 0.352 e. The number of aromatic nitrogens is 4. The highest BCUT2D eigenvalue weighted by Crippen LogP contribution is 2.30. The summed E-state index contributed by atoms with van der Waals surface area (Å²) in [6, 6.07) is 8.43. The third kappa shape index (κ3) is 3.60. The first-order valence-electron chi connectivity index (χ1n) is 10.1. The number of nitrogens with one attached hydrogen (secondary N) is 1. The summed E-state index contributed by atoms with van der Waals surface area (Å²) in [7, 11) is 0. The van der Waals surface area contributed by atoms with E-state index in [1.807, 2.05) is 18.2 Å². The van der Waals surface area contributed by atoms with E-state index in [4.69, 9.17) is 4.98 Å². The van der Waals surface area contributed by atoms with Crippen molar-refractivity contribution in [1.82, 2.24) is 25.1 Å². The van der Waals surface area contributed by atoms with E-state index in [-0.39, 0.29) is 11.9 Å². The first-order chi connectivity index (χ1) is 13.6. The van der Waals surface area contributed by atoms with E-state index in [9.17, 15) is 4.79 Å². The Kier molecular flexibility index (Phi) is 5.53. The summed E-state index contributed by atoms with van der Waals surface area (Å²) >= 11 is 1.35. The molecule has 3 aromatic rings. The number of rotatable bonds is 5. The Balaban J connectivity index is 1.48. The van der Waals surface area contributed by atoms with Crippen molar-refractivity contribution in [2.24, 2.45) is 11.8 Å². The number of carbonyl (C=O) groups is 1. The van der Waals surface area contributed by atoms with E-state index in [0.717, 1.165) is 35.0 Å². The van der Waals surface area contributed by atoms with Crippen LogP contribution in [-0.2, 0) is 11.3 Å². The zero-order valence-electron chi connectivity index (χ0n) is 16.7. The number of thioether (sulfide) groups is 1. The van der Waals surface area contributed by atoms with E-state index in [0.29, 0.717) is 22.7 Å². The number of hydrogen-bond donors (Lipinski definition) is 1. The quantitative estimate of drug-likeness (QED) is 0.658. The monoisotopic (exact) mass is 397 g/mol. The molecule has 1 fully saturated rings. The van der Waals surface area contributed by atoms with Gasteiger partial charge < -0.3 is 9.88 Å². The van der Waals surface area contributed by atoms with Crippen LogP contribution in [0.3, 0.4) is 0 Å². The van der Waals surface area contributed by atoms with Gasteiger partial charge in [-0.25, -0.2) is 4.98 Å². The molecule has 0 bridgehead atoms. The smallest absolute Gasteiger partial charge is 0.230 e. The van der Waals surface area contributed by atoms with Gasteiger partial charge in [-0.3, -0.25) is 4.79 Å². The second-order valence-corrected chi connectivity index (χ2v) is 8.70. The highest BCUT2D eigenvalue weighted by molar-refractivity contribution is 7.99. The van der Waals surface area contributed by atoms with E-state index in [1.54, 1.807) is 0 Å². The molecule has 1 aliphatic rings. The van der Waals surface area contributed by atoms with Crippen molar-refractivity contribution < 1.29 is 4.79 Å². The second kappa shape index (κ2) is 8.07. The molecular weight excluding hydrogens is 370 g/mol. The maximum absolute atomic E-state index is 12.5. The van der Waals surface area contributed by atoms with Gasteiger partial charge in [0.2, 0.25) is 11.1 Å². The molecule has 1 aliphatic carbocycles. The summed E-state index contributed by atoms with van der Waals surface area (Å²) in [5.74, 6) is 1.56. The minimum Gasteiger partial charge on any atom is -0.352 e. The van der Waals surface area contributed by atoms with Crippen LogP contribution in [0.5, 0.6) is 0 Å². The lowest BCUT2D eigenvalue weighted by Crippen LogP contribution is -2.44. The number of hydrogen-bond acceptors (Lipinski definition) is 5. The molecule has 1 aromatic carbocycles. The molecule has 2 aromatic heterocycles. The third-order valence-corrected chi connectivity index (χ3v) is 6.89. The van der Waals surface area contributed by atoms with Crippen molar-refractivity contribution in [3.8, 4) is 0 Å². The summed E-state index contributed by atoms with van der Waals surface area (Å²) in [6.45, 7) is 7.43. The van der Waals surface area contributed by atoms with Crippen LogP contribution in [0.15, 0.2) is 29.4 Å². The first kappa shape index (κ1) is 19.2. The number of benzene rings is 1. The number of nitrogens with zero attached hydrogens (tertiary/aromatic N) is 4. The lowest BCUT2D eigenvalue weighted by atomic mass is 9.78. The Labute approximate surface area is 169 Å². The molecule has 0 spiro atoms. The molecule has 2 heterocycles. The fraction of sp³-hybridized carbons (Fsp3) is 0.524. The number of fused-ring (bicyclic) bond motifs is 3. The van der Waals surface area contributed by atoms with Gasteiger partial charge in [0.05, 0.1) is 11.3 Å². The topological polar surface area (TPSA) is 72.7 Å². The van der Waals surface area contributed by atoms with Gasteiger partial charge in [0.25, 0.3) is 0 Å². The van der Waals surface area contributed by atoms with E-state index in [2.05, 4.69) is 46.9 Å². The summed E-state index contributed by atoms with van der Waals surface area (Å²) in [6.07, 6.45) is 3.52. The van der Waals surface area contributed by atoms with Crippen LogP contribution in [0.4, 0.5) is 0 Å². The molecule has 4 rings (SSSR count). The zero-order valence-corrected chi connectivity index (χ0v) is 17.5. The molecule has 148 valence electrons. The number of amides is 1. The van der Waals surface area contributed by atoms with Crippen molar-refractivity contribution in [1.29, 1.82) is 0 Å². The fourth-order valence-corrected chi connectivity index (χ4v) is 4.83. The molecule has 1 amide bonds. The normalized spacial score (nSPS) is 22.6. The number of aryl methyl sites for hydroxylation is 1. The zero-order chi connectivity index (χ0) is 19.7. The Hall–Kier alpha value is -2.15. The molecule has 3 atom stereocenters. The number of para-hydroxylation sites is 1. The molecule has 28 heavy (non-hydrogen) atoms. The van der Waals surface area contributed by atoms with Gasteiger partial charge in [-0.15, -0.1) is 10.2 Å². The Morgan fingerprint density at radius 1 is 1.25 bits per heavy atom. The highest BCUT2D eigenvalue weighted by Gasteiger charge is 2.28. The molecule has 1 saturated carbocycles. The predicted molar refractivity (Wildman–Crippen MR) is 113 cm³/mol. The van der Waals surface area contributed by atoms with Crippen LogP contribution in [0, 0.1) is 11.8 Å². The van der Waals surface area contributed by atoms with E-state index in [1.165, 1.54) is 24.6 Å². The van der Waals surface area contributed by atoms with Crippen molar-refractivity contribution >= 4 is 39.7 Å². The van der Waals surface area contributed by atoms with Crippen molar-refractivity contribution in [2.45, 2.75) is 57.8 Å². The van der Waals surface area contributed by atoms with Crippen LogP contribution in [0.2, 0.25) is 0 Å². The average Bonchev–Trinajstić information content (AvgIpc) is 3.03. The number of carbonyl (C=O) groups excluding carboxylic acids is 1. The van der Waals surface area contributed by atoms with Gasteiger partial charge in [-0.05, 0) is 31.2 Å². The summed E-state index contributed by atoms with van der Waals surface area (Å²) < 4.78 is 2.15. The molecule has 0 radical (unpaired) electrons. The maximum atomic E-state index is 12.5. The maximum Gasteiger partial charge on any atom is 0.230 e. The lowest BCUT2D eigenvalue weighted by Gasteiger charge is -2.34. The van der Waals surface area contributed by atoms with Crippen LogP contribution in [0.1, 0.15) is 40.0 Å². The van der Waals surface area contributed by atoms with Gasteiger partial charge in [0.15, 0.2) is 5.65 Å². The van der Waals surface area contributed by atoms with Crippen molar-refractivity contribution in [3.05, 3.63) is 24.3 Å². The van der Waals surface area contributed by atoms with E-state index >= 15 is 0 Å². The summed E-state index contributed by atoms with van der Waals surface area (Å²) in [4.78, 5) is 17.2. The SMILES string of the molecule is CCn1c2ccccc2c2nnc(SCC(=O)N[C@H]3CCC[C@@H](C)[C@@H]3C)nc21.